The first-order valence-electron chi connectivity index (χ1n) is 6.18. The predicted molar refractivity (Wildman–Crippen MR) is 68.4 cm³/mol. The van der Waals surface area contributed by atoms with Crippen LogP contribution in [0, 0.1) is 5.92 Å². The predicted octanol–water partition coefficient (Wildman–Crippen LogP) is 5.91. The van der Waals surface area contributed by atoms with Crippen LogP contribution in [0.4, 0.5) is 0 Å². The first-order valence-corrected chi connectivity index (χ1v) is 6.18. The Morgan fingerprint density at radius 2 is 0.846 bits per heavy atom. The summed E-state index contributed by atoms with van der Waals surface area (Å²) in [5, 5.41) is 0. The van der Waals surface area contributed by atoms with Crippen molar-refractivity contribution in [3.63, 3.8) is 0 Å². The van der Waals surface area contributed by atoms with Crippen LogP contribution in [0.5, 0.6) is 0 Å². The highest BCUT2D eigenvalue weighted by atomic mass is 13.9. The van der Waals surface area contributed by atoms with E-state index in [1.807, 2.05) is 27.7 Å². The van der Waals surface area contributed by atoms with Crippen molar-refractivity contribution >= 4 is 0 Å². The number of hydrogen-bond donors (Lipinski definition) is 0. The molecule has 0 radical (unpaired) electrons. The van der Waals surface area contributed by atoms with Crippen LogP contribution in [0.15, 0.2) is 0 Å². The summed E-state index contributed by atoms with van der Waals surface area (Å²) in [7, 11) is 0. The standard InChI is InChI=1S/C5H12.C4H10.2C2H6/c1-4-5(2)3;1-3-4-2;2*1-2/h5H,4H2,1-3H3;3-4H2,1-2H3;2*1-2H3. The number of rotatable bonds is 2. The van der Waals surface area contributed by atoms with E-state index in [0.717, 1.165) is 5.92 Å². The summed E-state index contributed by atoms with van der Waals surface area (Å²) in [5.74, 6) is 0.884. The maximum atomic E-state index is 2.22. The monoisotopic (exact) mass is 190 g/mol. The Kier molecular flexibility index (Phi) is 71.7. The molecule has 0 aliphatic rings. The van der Waals surface area contributed by atoms with Crippen molar-refractivity contribution in [3.8, 4) is 0 Å². The van der Waals surface area contributed by atoms with Crippen molar-refractivity contribution in [2.75, 3.05) is 0 Å². The summed E-state index contributed by atoms with van der Waals surface area (Å²) in [6.07, 6.45) is 3.94. The van der Waals surface area contributed by atoms with Crippen LogP contribution < -0.4 is 0 Å². The van der Waals surface area contributed by atoms with Gasteiger partial charge in [0.05, 0.1) is 0 Å². The van der Waals surface area contributed by atoms with Crippen molar-refractivity contribution in [2.24, 2.45) is 5.92 Å². The van der Waals surface area contributed by atoms with Gasteiger partial charge in [0.15, 0.2) is 0 Å². The lowest BCUT2D eigenvalue weighted by Gasteiger charge is -1.90. The van der Waals surface area contributed by atoms with Gasteiger partial charge in [-0.05, 0) is 5.92 Å². The Balaban J connectivity index is -0.0000000457. The maximum Gasteiger partial charge on any atom is -0.0474 e. The van der Waals surface area contributed by atoms with E-state index in [4.69, 9.17) is 0 Å². The highest BCUT2D eigenvalue weighted by molar-refractivity contribution is 4.32. The van der Waals surface area contributed by atoms with Gasteiger partial charge in [0.2, 0.25) is 0 Å². The summed E-state index contributed by atoms with van der Waals surface area (Å²) >= 11 is 0. The molecule has 86 valence electrons. The SMILES string of the molecule is CC.CC.CCC(C)C.CCCC. The Labute approximate surface area is 88.1 Å². The summed E-state index contributed by atoms with van der Waals surface area (Å²) in [4.78, 5) is 0. The Morgan fingerprint density at radius 3 is 0.846 bits per heavy atom. The smallest absolute Gasteiger partial charge is 0.0474 e. The minimum Gasteiger partial charge on any atom is -0.0683 e. The van der Waals surface area contributed by atoms with Crippen molar-refractivity contribution in [3.05, 3.63) is 0 Å². The van der Waals surface area contributed by atoms with Crippen LogP contribution in [-0.4, -0.2) is 0 Å². The van der Waals surface area contributed by atoms with E-state index >= 15 is 0 Å². The van der Waals surface area contributed by atoms with Crippen LogP contribution >= 0.6 is 0 Å². The van der Waals surface area contributed by atoms with Gasteiger partial charge in [-0.1, -0.05) is 81.6 Å². The molecule has 0 amide bonds. The maximum absolute atomic E-state index is 2.22. The van der Waals surface area contributed by atoms with E-state index in [1.165, 1.54) is 19.3 Å². The van der Waals surface area contributed by atoms with Gasteiger partial charge in [-0.25, -0.2) is 0 Å². The molecule has 0 aromatic heterocycles. The number of hydrogen-bond acceptors (Lipinski definition) is 0. The second-order valence-corrected chi connectivity index (χ2v) is 2.80. The van der Waals surface area contributed by atoms with E-state index in [1.54, 1.807) is 0 Å². The second-order valence-electron chi connectivity index (χ2n) is 2.80. The molecule has 0 aliphatic carbocycles. The third-order valence-corrected chi connectivity index (χ3v) is 1.32. The zero-order valence-electron chi connectivity index (χ0n) is 11.7. The first kappa shape index (κ1) is 23.1. The molecule has 0 aliphatic heterocycles. The van der Waals surface area contributed by atoms with Gasteiger partial charge in [0.1, 0.15) is 0 Å². The minimum absolute atomic E-state index is 0.884. The van der Waals surface area contributed by atoms with Crippen LogP contribution in [0.3, 0.4) is 0 Å². The summed E-state index contributed by atoms with van der Waals surface area (Å²) < 4.78 is 0. The molecule has 0 heterocycles. The van der Waals surface area contributed by atoms with E-state index in [9.17, 15) is 0 Å². The van der Waals surface area contributed by atoms with Gasteiger partial charge in [-0.2, -0.15) is 0 Å². The lowest BCUT2D eigenvalue weighted by atomic mass is 10.2. The fourth-order valence-electron chi connectivity index (χ4n) is 0. The second kappa shape index (κ2) is 40.3. The largest absolute Gasteiger partial charge is 0.0683 e. The molecule has 0 heteroatoms. The van der Waals surface area contributed by atoms with Gasteiger partial charge in [0.25, 0.3) is 0 Å². The molecule has 0 unspecified atom stereocenters. The third-order valence-electron chi connectivity index (χ3n) is 1.32. The van der Waals surface area contributed by atoms with Gasteiger partial charge >= 0.3 is 0 Å². The van der Waals surface area contributed by atoms with E-state index in [2.05, 4.69) is 34.6 Å². The summed E-state index contributed by atoms with van der Waals surface area (Å²) in [5.41, 5.74) is 0. The van der Waals surface area contributed by atoms with Crippen LogP contribution in [0.25, 0.3) is 0 Å². The molecule has 0 atom stereocenters. The minimum atomic E-state index is 0.884. The van der Waals surface area contributed by atoms with Crippen LogP contribution in [-0.2, 0) is 0 Å². The van der Waals surface area contributed by atoms with Crippen molar-refractivity contribution in [2.45, 2.75) is 81.6 Å². The molecular weight excluding hydrogens is 156 g/mol. The molecule has 0 bridgehead atoms. The third kappa shape index (κ3) is 133. The molecule has 0 saturated heterocycles. The summed E-state index contributed by atoms with van der Waals surface area (Å²) in [6.45, 7) is 19.0. The lowest BCUT2D eigenvalue weighted by Crippen LogP contribution is -1.77. The molecule has 0 nitrogen and oxygen atoms in total. The molecule has 13 heavy (non-hydrogen) atoms. The van der Waals surface area contributed by atoms with Gasteiger partial charge in [-0.3, -0.25) is 0 Å². The Hall–Kier alpha value is 0. The van der Waals surface area contributed by atoms with Gasteiger partial charge < -0.3 is 0 Å². The van der Waals surface area contributed by atoms with Gasteiger partial charge in [0, 0.05) is 0 Å². The van der Waals surface area contributed by atoms with E-state index in [0.29, 0.717) is 0 Å². The molecule has 0 saturated carbocycles. The van der Waals surface area contributed by atoms with Crippen molar-refractivity contribution in [1.29, 1.82) is 0 Å². The van der Waals surface area contributed by atoms with Crippen LogP contribution in [0.1, 0.15) is 81.6 Å². The average molecular weight is 190 g/mol. The molecule has 0 N–H and O–H groups in total. The zero-order chi connectivity index (χ0) is 11.7. The first-order chi connectivity index (χ1) is 6.18. The molecule has 0 fully saturated rings. The Bertz CT molecular complexity index is 27.0. The topological polar surface area (TPSA) is 0 Å². The Morgan fingerprint density at radius 1 is 0.692 bits per heavy atom. The lowest BCUT2D eigenvalue weighted by molar-refractivity contribution is 0.626. The molecule has 0 spiro atoms. The van der Waals surface area contributed by atoms with Crippen molar-refractivity contribution < 1.29 is 0 Å². The van der Waals surface area contributed by atoms with E-state index < -0.39 is 0 Å². The van der Waals surface area contributed by atoms with Gasteiger partial charge in [-0.15, -0.1) is 0 Å². The highest BCUT2D eigenvalue weighted by Crippen LogP contribution is 1.93. The normalized spacial score (nSPS) is 6.92. The fraction of sp³-hybridized carbons (Fsp3) is 1.00. The fourth-order valence-corrected chi connectivity index (χ4v) is 0. The molecule has 0 rings (SSSR count). The molecular formula is C13H34. The zero-order valence-corrected chi connectivity index (χ0v) is 11.7. The average Bonchev–Trinajstić information content (AvgIpc) is 2.24. The van der Waals surface area contributed by atoms with Crippen molar-refractivity contribution in [1.82, 2.24) is 0 Å². The molecule has 0 aromatic rings. The highest BCUT2D eigenvalue weighted by Gasteiger charge is 1.80. The van der Waals surface area contributed by atoms with Crippen LogP contribution in [0.2, 0.25) is 0 Å². The quantitative estimate of drug-likeness (QED) is 0.507. The molecule has 0 aromatic carbocycles. The van der Waals surface area contributed by atoms with E-state index in [-0.39, 0.29) is 0 Å². The number of unbranched alkanes of at least 4 members (excludes halogenated alkanes) is 1. The summed E-state index contributed by atoms with van der Waals surface area (Å²) in [6, 6.07) is 0.